The van der Waals surface area contributed by atoms with Crippen molar-refractivity contribution >= 4 is 21.6 Å². The van der Waals surface area contributed by atoms with Crippen LogP contribution in [0.3, 0.4) is 0 Å². The van der Waals surface area contributed by atoms with Crippen LogP contribution < -0.4 is 10.2 Å². The number of benzene rings is 1. The SMILES string of the molecule is CCCNCc1ccc(N(CCC)CC2CC2)c(Br)c1. The summed E-state index contributed by atoms with van der Waals surface area (Å²) < 4.78 is 1.24. The first-order chi connectivity index (χ1) is 9.74. The van der Waals surface area contributed by atoms with Crippen LogP contribution in [-0.2, 0) is 6.54 Å². The molecule has 2 rings (SSSR count). The van der Waals surface area contributed by atoms with Crippen LogP contribution >= 0.6 is 15.9 Å². The molecule has 1 aliphatic carbocycles. The average molecular weight is 339 g/mol. The maximum atomic E-state index is 3.77. The molecule has 1 aliphatic rings. The molecular formula is C17H27BrN2. The van der Waals surface area contributed by atoms with Crippen molar-refractivity contribution < 1.29 is 0 Å². The van der Waals surface area contributed by atoms with E-state index in [1.54, 1.807) is 0 Å². The molecule has 1 saturated carbocycles. The summed E-state index contributed by atoms with van der Waals surface area (Å²) in [4.78, 5) is 2.55. The number of nitrogens with zero attached hydrogens (tertiary/aromatic N) is 1. The second kappa shape index (κ2) is 8.04. The van der Waals surface area contributed by atoms with Crippen LogP contribution in [0.2, 0.25) is 0 Å². The lowest BCUT2D eigenvalue weighted by Gasteiger charge is -2.26. The zero-order valence-corrected chi connectivity index (χ0v) is 14.4. The molecular weight excluding hydrogens is 312 g/mol. The van der Waals surface area contributed by atoms with Gasteiger partial charge in [0.2, 0.25) is 0 Å². The van der Waals surface area contributed by atoms with E-state index in [0.29, 0.717) is 0 Å². The molecule has 0 unspecified atom stereocenters. The number of halogens is 1. The van der Waals surface area contributed by atoms with E-state index in [-0.39, 0.29) is 0 Å². The summed E-state index contributed by atoms with van der Waals surface area (Å²) in [7, 11) is 0. The Morgan fingerprint density at radius 2 is 2.05 bits per heavy atom. The smallest absolute Gasteiger partial charge is 0.0510 e. The number of hydrogen-bond donors (Lipinski definition) is 1. The van der Waals surface area contributed by atoms with Gasteiger partial charge in [0.15, 0.2) is 0 Å². The standard InChI is InChI=1S/C17H27BrN2/c1-3-9-19-12-15-7-8-17(16(18)11-15)20(10-4-2)13-14-5-6-14/h7-8,11,14,19H,3-6,9-10,12-13H2,1-2H3. The molecule has 3 heteroatoms. The van der Waals surface area contributed by atoms with Crippen LogP contribution in [0.5, 0.6) is 0 Å². The molecule has 0 atom stereocenters. The largest absolute Gasteiger partial charge is 0.370 e. The van der Waals surface area contributed by atoms with E-state index >= 15 is 0 Å². The van der Waals surface area contributed by atoms with Crippen molar-refractivity contribution in [3.05, 3.63) is 28.2 Å². The highest BCUT2D eigenvalue weighted by molar-refractivity contribution is 9.10. The Morgan fingerprint density at radius 1 is 1.25 bits per heavy atom. The maximum absolute atomic E-state index is 3.77. The summed E-state index contributed by atoms with van der Waals surface area (Å²) in [6.45, 7) is 8.89. The number of nitrogens with one attached hydrogen (secondary N) is 1. The summed E-state index contributed by atoms with van der Waals surface area (Å²) in [6, 6.07) is 6.82. The fourth-order valence-electron chi connectivity index (χ4n) is 2.52. The van der Waals surface area contributed by atoms with E-state index < -0.39 is 0 Å². The third-order valence-electron chi connectivity index (χ3n) is 3.78. The lowest BCUT2D eigenvalue weighted by atomic mass is 10.1. The summed E-state index contributed by atoms with van der Waals surface area (Å²) in [6.07, 6.45) is 5.22. The highest BCUT2D eigenvalue weighted by Gasteiger charge is 2.24. The fraction of sp³-hybridized carbons (Fsp3) is 0.647. The maximum Gasteiger partial charge on any atom is 0.0510 e. The summed E-state index contributed by atoms with van der Waals surface area (Å²) in [5.41, 5.74) is 2.72. The van der Waals surface area contributed by atoms with E-state index in [1.165, 1.54) is 48.0 Å². The van der Waals surface area contributed by atoms with Crippen molar-refractivity contribution in [2.45, 2.75) is 46.1 Å². The Morgan fingerprint density at radius 3 is 2.65 bits per heavy atom. The van der Waals surface area contributed by atoms with Crippen molar-refractivity contribution in [3.63, 3.8) is 0 Å². The predicted molar refractivity (Wildman–Crippen MR) is 91.4 cm³/mol. The molecule has 20 heavy (non-hydrogen) atoms. The molecule has 1 fully saturated rings. The normalized spacial score (nSPS) is 14.6. The molecule has 112 valence electrons. The summed E-state index contributed by atoms with van der Waals surface area (Å²) in [5, 5.41) is 3.46. The van der Waals surface area contributed by atoms with Crippen molar-refractivity contribution in [1.29, 1.82) is 0 Å². The van der Waals surface area contributed by atoms with E-state index in [2.05, 4.69) is 58.2 Å². The molecule has 0 bridgehead atoms. The van der Waals surface area contributed by atoms with Gasteiger partial charge in [-0.15, -0.1) is 0 Å². The van der Waals surface area contributed by atoms with Crippen molar-refractivity contribution in [2.75, 3.05) is 24.5 Å². The Labute approximate surface area is 132 Å². The van der Waals surface area contributed by atoms with Gasteiger partial charge in [0.25, 0.3) is 0 Å². The second-order valence-corrected chi connectivity index (χ2v) is 6.71. The van der Waals surface area contributed by atoms with Crippen molar-refractivity contribution in [1.82, 2.24) is 5.32 Å². The van der Waals surface area contributed by atoms with Crippen LogP contribution in [0.15, 0.2) is 22.7 Å². The van der Waals surface area contributed by atoms with Crippen LogP contribution in [-0.4, -0.2) is 19.6 Å². The molecule has 0 amide bonds. The lowest BCUT2D eigenvalue weighted by molar-refractivity contribution is 0.674. The minimum Gasteiger partial charge on any atom is -0.370 e. The molecule has 0 radical (unpaired) electrons. The zero-order chi connectivity index (χ0) is 14.4. The highest BCUT2D eigenvalue weighted by atomic mass is 79.9. The van der Waals surface area contributed by atoms with Crippen LogP contribution in [0.1, 0.15) is 45.1 Å². The van der Waals surface area contributed by atoms with E-state index in [9.17, 15) is 0 Å². The Kier molecular flexibility index (Phi) is 6.37. The van der Waals surface area contributed by atoms with Gasteiger partial charge in [-0.1, -0.05) is 19.9 Å². The summed E-state index contributed by atoms with van der Waals surface area (Å²) >= 11 is 3.77. The lowest BCUT2D eigenvalue weighted by Crippen LogP contribution is -2.27. The predicted octanol–water partition coefficient (Wildman–Crippen LogP) is 4.58. The Bertz CT molecular complexity index is 415. The second-order valence-electron chi connectivity index (χ2n) is 5.85. The first-order valence-corrected chi connectivity index (χ1v) is 8.78. The molecule has 0 aliphatic heterocycles. The van der Waals surface area contributed by atoms with Gasteiger partial charge in [-0.25, -0.2) is 0 Å². The minimum absolute atomic E-state index is 0.930. The number of hydrogen-bond acceptors (Lipinski definition) is 2. The third kappa shape index (κ3) is 4.78. The van der Waals surface area contributed by atoms with Gasteiger partial charge in [0.1, 0.15) is 0 Å². The highest BCUT2D eigenvalue weighted by Crippen LogP contribution is 2.34. The average Bonchev–Trinajstić information content (AvgIpc) is 3.23. The number of rotatable bonds is 9. The van der Waals surface area contributed by atoms with Crippen LogP contribution in [0.4, 0.5) is 5.69 Å². The Hall–Kier alpha value is -0.540. The molecule has 0 saturated heterocycles. The third-order valence-corrected chi connectivity index (χ3v) is 4.41. The molecule has 0 spiro atoms. The van der Waals surface area contributed by atoms with E-state index in [4.69, 9.17) is 0 Å². The topological polar surface area (TPSA) is 15.3 Å². The van der Waals surface area contributed by atoms with Gasteiger partial charge in [-0.05, 0) is 71.8 Å². The summed E-state index contributed by atoms with van der Waals surface area (Å²) in [5.74, 6) is 0.930. The van der Waals surface area contributed by atoms with Crippen LogP contribution in [0.25, 0.3) is 0 Å². The quantitative estimate of drug-likeness (QED) is 0.663. The van der Waals surface area contributed by atoms with Gasteiger partial charge in [0.05, 0.1) is 5.69 Å². The van der Waals surface area contributed by atoms with Gasteiger partial charge in [-0.3, -0.25) is 0 Å². The van der Waals surface area contributed by atoms with E-state index in [0.717, 1.165) is 25.6 Å². The molecule has 0 aromatic heterocycles. The molecule has 2 nitrogen and oxygen atoms in total. The first-order valence-electron chi connectivity index (χ1n) is 7.98. The molecule has 1 aromatic carbocycles. The van der Waals surface area contributed by atoms with E-state index in [1.807, 2.05) is 0 Å². The molecule has 1 aromatic rings. The number of anilines is 1. The van der Waals surface area contributed by atoms with Gasteiger partial charge < -0.3 is 10.2 Å². The van der Waals surface area contributed by atoms with Gasteiger partial charge >= 0.3 is 0 Å². The minimum atomic E-state index is 0.930. The van der Waals surface area contributed by atoms with Crippen molar-refractivity contribution in [2.24, 2.45) is 5.92 Å². The monoisotopic (exact) mass is 338 g/mol. The zero-order valence-electron chi connectivity index (χ0n) is 12.8. The van der Waals surface area contributed by atoms with Crippen molar-refractivity contribution in [3.8, 4) is 0 Å². The fourth-order valence-corrected chi connectivity index (χ4v) is 3.20. The molecule has 1 N–H and O–H groups in total. The van der Waals surface area contributed by atoms with Gasteiger partial charge in [-0.2, -0.15) is 0 Å². The van der Waals surface area contributed by atoms with Crippen LogP contribution in [0, 0.1) is 5.92 Å². The van der Waals surface area contributed by atoms with Gasteiger partial charge in [0, 0.05) is 24.1 Å². The molecule has 0 heterocycles. The Balaban J connectivity index is 2.01. The first kappa shape index (κ1) is 15.8.